The molecule has 1 atom stereocenters. The van der Waals surface area contributed by atoms with Gasteiger partial charge in [-0.05, 0) is 24.3 Å². The summed E-state index contributed by atoms with van der Waals surface area (Å²) >= 11 is 0. The predicted molar refractivity (Wildman–Crippen MR) is 75.4 cm³/mol. The van der Waals surface area contributed by atoms with Crippen molar-refractivity contribution in [2.24, 2.45) is 5.73 Å². The highest BCUT2D eigenvalue weighted by Gasteiger charge is 2.22. The van der Waals surface area contributed by atoms with Crippen molar-refractivity contribution < 1.29 is 4.79 Å². The highest BCUT2D eigenvalue weighted by Crippen LogP contribution is 2.27. The Hall–Kier alpha value is -1.35. The van der Waals surface area contributed by atoms with Gasteiger partial charge in [-0.2, -0.15) is 0 Å². The summed E-state index contributed by atoms with van der Waals surface area (Å²) in [7, 11) is 0. The van der Waals surface area contributed by atoms with Crippen molar-refractivity contribution in [3.63, 3.8) is 0 Å². The lowest BCUT2D eigenvalue weighted by molar-refractivity contribution is -0.117. The molecule has 0 aliphatic carbocycles. The fourth-order valence-corrected chi connectivity index (χ4v) is 2.29. The largest absolute Gasteiger partial charge is 0.370 e. The fraction of sp³-hybridized carbons (Fsp3) is 0.533. The molecule has 1 rings (SSSR count). The van der Waals surface area contributed by atoms with Crippen molar-refractivity contribution in [3.8, 4) is 0 Å². The van der Waals surface area contributed by atoms with Gasteiger partial charge in [-0.1, -0.05) is 44.2 Å². The average molecular weight is 248 g/mol. The zero-order valence-electron chi connectivity index (χ0n) is 11.6. The molecule has 1 amide bonds. The summed E-state index contributed by atoms with van der Waals surface area (Å²) in [4.78, 5) is 10.7. The van der Waals surface area contributed by atoms with Crippen molar-refractivity contribution in [1.29, 1.82) is 0 Å². The Labute approximate surface area is 110 Å². The quantitative estimate of drug-likeness (QED) is 0.777. The molecule has 0 fully saturated rings. The molecule has 18 heavy (non-hydrogen) atoms. The molecule has 0 saturated heterocycles. The van der Waals surface area contributed by atoms with Crippen LogP contribution in [0.2, 0.25) is 0 Å². The number of primary amides is 1. The van der Waals surface area contributed by atoms with Gasteiger partial charge in [-0.25, -0.2) is 0 Å². The van der Waals surface area contributed by atoms with Crippen LogP contribution in [0.25, 0.3) is 0 Å². The first kappa shape index (κ1) is 14.7. The van der Waals surface area contributed by atoms with Crippen LogP contribution in [0.3, 0.4) is 0 Å². The Morgan fingerprint density at radius 3 is 2.50 bits per heavy atom. The van der Waals surface area contributed by atoms with E-state index in [-0.39, 0.29) is 11.3 Å². The lowest BCUT2D eigenvalue weighted by Crippen LogP contribution is -2.35. The van der Waals surface area contributed by atoms with E-state index in [0.29, 0.717) is 19.0 Å². The van der Waals surface area contributed by atoms with E-state index in [1.165, 1.54) is 5.56 Å². The van der Waals surface area contributed by atoms with Crippen LogP contribution in [-0.2, 0) is 10.2 Å². The van der Waals surface area contributed by atoms with Gasteiger partial charge in [0.2, 0.25) is 5.91 Å². The summed E-state index contributed by atoms with van der Waals surface area (Å²) in [6.45, 7) is 7.29. The first-order valence-corrected chi connectivity index (χ1v) is 6.49. The van der Waals surface area contributed by atoms with Gasteiger partial charge in [0.15, 0.2) is 0 Å². The molecular formula is C15H24N2O. The summed E-state index contributed by atoms with van der Waals surface area (Å²) in [6.07, 6.45) is 1.42. The maximum atomic E-state index is 10.7. The molecule has 3 heteroatoms. The Kier molecular flexibility index (Phi) is 5.35. The predicted octanol–water partition coefficient (Wildman–Crippen LogP) is 2.21. The summed E-state index contributed by atoms with van der Waals surface area (Å²) in [5, 5.41) is 3.34. The normalized spacial score (nSPS) is 13.3. The molecule has 1 aromatic rings. The van der Waals surface area contributed by atoms with Gasteiger partial charge in [0, 0.05) is 19.0 Å². The molecule has 3 nitrogen and oxygen atoms in total. The highest BCUT2D eigenvalue weighted by atomic mass is 16.1. The number of hydrogen-bond donors (Lipinski definition) is 2. The maximum absolute atomic E-state index is 10.7. The zero-order chi connectivity index (χ0) is 13.6. The van der Waals surface area contributed by atoms with Gasteiger partial charge in [-0.3, -0.25) is 4.79 Å². The van der Waals surface area contributed by atoms with Crippen LogP contribution >= 0.6 is 0 Å². The summed E-state index contributed by atoms with van der Waals surface area (Å²) in [6, 6.07) is 10.9. The van der Waals surface area contributed by atoms with Crippen LogP contribution in [0, 0.1) is 0 Å². The summed E-state index contributed by atoms with van der Waals surface area (Å²) in [5.74, 6) is -0.253. The first-order chi connectivity index (χ1) is 8.42. The van der Waals surface area contributed by atoms with Gasteiger partial charge in [0.05, 0.1) is 0 Å². The molecule has 0 aliphatic rings. The van der Waals surface area contributed by atoms with Crippen LogP contribution in [-0.4, -0.2) is 18.5 Å². The van der Waals surface area contributed by atoms with Gasteiger partial charge < -0.3 is 11.1 Å². The molecule has 0 spiro atoms. The third-order valence-corrected chi connectivity index (χ3v) is 3.24. The second-order valence-electron chi connectivity index (χ2n) is 5.53. The number of carbonyl (C=O) groups excluding carboxylic acids is 1. The maximum Gasteiger partial charge on any atom is 0.218 e. The number of carbonyl (C=O) groups is 1. The van der Waals surface area contributed by atoms with E-state index in [9.17, 15) is 4.79 Å². The minimum atomic E-state index is -0.253. The minimum absolute atomic E-state index is 0.125. The molecule has 100 valence electrons. The van der Waals surface area contributed by atoms with Gasteiger partial charge in [0.25, 0.3) is 0 Å². The second kappa shape index (κ2) is 6.55. The average Bonchev–Trinajstić information content (AvgIpc) is 2.29. The third kappa shape index (κ3) is 4.88. The zero-order valence-corrected chi connectivity index (χ0v) is 11.6. The highest BCUT2D eigenvalue weighted by molar-refractivity contribution is 5.73. The number of benzene rings is 1. The van der Waals surface area contributed by atoms with E-state index < -0.39 is 0 Å². The molecule has 0 aromatic heterocycles. The van der Waals surface area contributed by atoms with Gasteiger partial charge in [-0.15, -0.1) is 0 Å². The monoisotopic (exact) mass is 248 g/mol. The van der Waals surface area contributed by atoms with E-state index >= 15 is 0 Å². The van der Waals surface area contributed by atoms with Crippen molar-refractivity contribution >= 4 is 5.91 Å². The number of nitrogens with one attached hydrogen (secondary N) is 1. The Balaban J connectivity index is 2.47. The topological polar surface area (TPSA) is 55.1 Å². The van der Waals surface area contributed by atoms with Crippen LogP contribution < -0.4 is 11.1 Å². The molecule has 0 saturated carbocycles. The summed E-state index contributed by atoms with van der Waals surface area (Å²) in [5.41, 5.74) is 6.58. The van der Waals surface area contributed by atoms with Crippen LogP contribution in [0.15, 0.2) is 30.3 Å². The number of nitrogens with two attached hydrogens (primary N) is 1. The molecular weight excluding hydrogens is 224 g/mol. The Bertz CT molecular complexity index is 373. The molecule has 1 aromatic carbocycles. The molecule has 0 aliphatic heterocycles. The lowest BCUT2D eigenvalue weighted by atomic mass is 9.79. The van der Waals surface area contributed by atoms with E-state index in [1.807, 2.05) is 6.07 Å². The van der Waals surface area contributed by atoms with Crippen molar-refractivity contribution in [2.75, 3.05) is 6.54 Å². The first-order valence-electron chi connectivity index (χ1n) is 6.49. The van der Waals surface area contributed by atoms with Crippen molar-refractivity contribution in [3.05, 3.63) is 35.9 Å². The fourth-order valence-electron chi connectivity index (χ4n) is 2.29. The van der Waals surface area contributed by atoms with Crippen LogP contribution in [0.1, 0.15) is 39.2 Å². The smallest absolute Gasteiger partial charge is 0.218 e. The van der Waals surface area contributed by atoms with Crippen LogP contribution in [0.4, 0.5) is 0 Å². The molecule has 0 bridgehead atoms. The molecule has 0 radical (unpaired) electrons. The number of hydrogen-bond acceptors (Lipinski definition) is 2. The van der Waals surface area contributed by atoms with E-state index in [2.05, 4.69) is 50.4 Å². The van der Waals surface area contributed by atoms with E-state index in [4.69, 9.17) is 5.73 Å². The minimum Gasteiger partial charge on any atom is -0.370 e. The molecule has 0 heterocycles. The van der Waals surface area contributed by atoms with Crippen LogP contribution in [0.5, 0.6) is 0 Å². The summed E-state index contributed by atoms with van der Waals surface area (Å²) < 4.78 is 0. The Morgan fingerprint density at radius 1 is 1.33 bits per heavy atom. The molecule has 1 unspecified atom stereocenters. The van der Waals surface area contributed by atoms with Crippen molar-refractivity contribution in [2.45, 2.75) is 45.1 Å². The molecule has 3 N–H and O–H groups in total. The van der Waals surface area contributed by atoms with Gasteiger partial charge in [0.1, 0.15) is 0 Å². The van der Waals surface area contributed by atoms with Crippen molar-refractivity contribution in [1.82, 2.24) is 5.32 Å². The van der Waals surface area contributed by atoms with E-state index in [0.717, 1.165) is 6.42 Å². The number of amides is 1. The van der Waals surface area contributed by atoms with E-state index in [1.54, 1.807) is 0 Å². The lowest BCUT2D eigenvalue weighted by Gasteiger charge is -2.29. The SMILES string of the molecule is CC(CC(C)(C)c1ccccc1)NCCC(N)=O. The Morgan fingerprint density at radius 2 is 1.94 bits per heavy atom. The second-order valence-corrected chi connectivity index (χ2v) is 5.53. The third-order valence-electron chi connectivity index (χ3n) is 3.24. The van der Waals surface area contributed by atoms with Gasteiger partial charge >= 0.3 is 0 Å². The standard InChI is InChI=1S/C15H24N2O/c1-12(17-10-9-14(16)18)11-15(2,3)13-7-5-4-6-8-13/h4-8,12,17H,9-11H2,1-3H3,(H2,16,18). The number of rotatable bonds is 7.